The molecular formula is C15H16BrNO4. The lowest BCUT2D eigenvalue weighted by Gasteiger charge is -2.19. The van der Waals surface area contributed by atoms with Crippen LogP contribution < -0.4 is 14.8 Å². The SMILES string of the molecule is O=C1COc2cc(OCC(Br)=C3CCOCC3)ccc2N1. The van der Waals surface area contributed by atoms with Gasteiger partial charge in [0.1, 0.15) is 18.1 Å². The fourth-order valence-corrected chi connectivity index (χ4v) is 2.79. The molecule has 0 aromatic heterocycles. The van der Waals surface area contributed by atoms with Crippen LogP contribution in [0.2, 0.25) is 0 Å². The number of anilines is 1. The Kier molecular flexibility index (Phi) is 4.45. The summed E-state index contributed by atoms with van der Waals surface area (Å²) in [5, 5.41) is 2.75. The van der Waals surface area contributed by atoms with Gasteiger partial charge in [-0.3, -0.25) is 4.79 Å². The lowest BCUT2D eigenvalue weighted by Crippen LogP contribution is -2.25. The Bertz CT molecular complexity index is 577. The molecule has 1 saturated heterocycles. The molecule has 0 bridgehead atoms. The number of carbonyl (C=O) groups excluding carboxylic acids is 1. The first kappa shape index (κ1) is 14.4. The van der Waals surface area contributed by atoms with Crippen molar-refractivity contribution in [2.75, 3.05) is 31.7 Å². The summed E-state index contributed by atoms with van der Waals surface area (Å²) in [6, 6.07) is 5.41. The van der Waals surface area contributed by atoms with Crippen molar-refractivity contribution in [1.29, 1.82) is 0 Å². The summed E-state index contributed by atoms with van der Waals surface area (Å²) in [6.45, 7) is 2.08. The summed E-state index contributed by atoms with van der Waals surface area (Å²) in [7, 11) is 0. The lowest BCUT2D eigenvalue weighted by atomic mass is 10.1. The second kappa shape index (κ2) is 6.49. The van der Waals surface area contributed by atoms with Crippen LogP contribution in [-0.4, -0.2) is 32.3 Å². The highest BCUT2D eigenvalue weighted by Crippen LogP contribution is 2.32. The molecule has 5 nitrogen and oxygen atoms in total. The van der Waals surface area contributed by atoms with E-state index in [-0.39, 0.29) is 12.5 Å². The second-order valence-electron chi connectivity index (χ2n) is 4.90. The van der Waals surface area contributed by atoms with E-state index in [2.05, 4.69) is 21.2 Å². The molecule has 6 heteroatoms. The monoisotopic (exact) mass is 353 g/mol. The number of hydrogen-bond acceptors (Lipinski definition) is 4. The fourth-order valence-electron chi connectivity index (χ4n) is 2.28. The molecule has 3 rings (SSSR count). The third-order valence-electron chi connectivity index (χ3n) is 3.43. The predicted octanol–water partition coefficient (Wildman–Crippen LogP) is 2.86. The smallest absolute Gasteiger partial charge is 0.262 e. The van der Waals surface area contributed by atoms with Gasteiger partial charge in [-0.1, -0.05) is 21.5 Å². The lowest BCUT2D eigenvalue weighted by molar-refractivity contribution is -0.118. The Morgan fingerprint density at radius 2 is 2.14 bits per heavy atom. The zero-order valence-corrected chi connectivity index (χ0v) is 13.1. The third-order valence-corrected chi connectivity index (χ3v) is 4.22. The Balaban J connectivity index is 1.64. The maximum Gasteiger partial charge on any atom is 0.262 e. The molecule has 1 aromatic carbocycles. The van der Waals surface area contributed by atoms with Crippen LogP contribution in [0.1, 0.15) is 12.8 Å². The van der Waals surface area contributed by atoms with Gasteiger partial charge in [-0.25, -0.2) is 0 Å². The van der Waals surface area contributed by atoms with Crippen LogP contribution in [0.5, 0.6) is 11.5 Å². The Morgan fingerprint density at radius 3 is 2.95 bits per heavy atom. The number of hydrogen-bond donors (Lipinski definition) is 1. The van der Waals surface area contributed by atoms with Gasteiger partial charge in [-0.15, -0.1) is 0 Å². The Hall–Kier alpha value is -1.53. The van der Waals surface area contributed by atoms with Gasteiger partial charge in [0.25, 0.3) is 5.91 Å². The van der Waals surface area contributed by atoms with Crippen LogP contribution in [0.3, 0.4) is 0 Å². The molecule has 0 radical (unpaired) electrons. The van der Waals surface area contributed by atoms with E-state index in [9.17, 15) is 4.79 Å². The first-order chi connectivity index (χ1) is 10.2. The average Bonchev–Trinajstić information content (AvgIpc) is 2.53. The van der Waals surface area contributed by atoms with Crippen LogP contribution in [0.25, 0.3) is 0 Å². The number of amides is 1. The van der Waals surface area contributed by atoms with Gasteiger partial charge in [-0.05, 0) is 25.0 Å². The van der Waals surface area contributed by atoms with E-state index < -0.39 is 0 Å². The number of benzene rings is 1. The molecule has 0 aliphatic carbocycles. The molecular weight excluding hydrogens is 338 g/mol. The van der Waals surface area contributed by atoms with Crippen molar-refractivity contribution in [3.05, 3.63) is 28.3 Å². The molecule has 2 heterocycles. The molecule has 1 fully saturated rings. The molecule has 1 N–H and O–H groups in total. The second-order valence-corrected chi connectivity index (χ2v) is 5.86. The molecule has 21 heavy (non-hydrogen) atoms. The van der Waals surface area contributed by atoms with E-state index in [0.29, 0.717) is 18.0 Å². The summed E-state index contributed by atoms with van der Waals surface area (Å²) >= 11 is 3.59. The van der Waals surface area contributed by atoms with Gasteiger partial charge in [0.05, 0.1) is 18.9 Å². The minimum atomic E-state index is -0.136. The Labute approximate surface area is 131 Å². The maximum atomic E-state index is 11.2. The van der Waals surface area contributed by atoms with E-state index in [0.717, 1.165) is 36.3 Å². The van der Waals surface area contributed by atoms with Crippen LogP contribution in [0, 0.1) is 0 Å². The van der Waals surface area contributed by atoms with Crippen molar-refractivity contribution in [3.63, 3.8) is 0 Å². The summed E-state index contributed by atoms with van der Waals surface area (Å²) in [6.07, 6.45) is 1.90. The van der Waals surface area contributed by atoms with Crippen LogP contribution in [0.15, 0.2) is 28.3 Å². The molecule has 112 valence electrons. The first-order valence-corrected chi connectivity index (χ1v) is 7.65. The topological polar surface area (TPSA) is 56.8 Å². The van der Waals surface area contributed by atoms with E-state index >= 15 is 0 Å². The van der Waals surface area contributed by atoms with Crippen LogP contribution in [-0.2, 0) is 9.53 Å². The summed E-state index contributed by atoms with van der Waals surface area (Å²) < 4.78 is 17.6. The predicted molar refractivity (Wildman–Crippen MR) is 82.1 cm³/mol. The average molecular weight is 354 g/mol. The molecule has 1 aromatic rings. The molecule has 0 unspecified atom stereocenters. The third kappa shape index (κ3) is 3.57. The number of carbonyl (C=O) groups is 1. The van der Waals surface area contributed by atoms with Crippen molar-refractivity contribution < 1.29 is 19.0 Å². The molecule has 2 aliphatic heterocycles. The fraction of sp³-hybridized carbons (Fsp3) is 0.400. The van der Waals surface area contributed by atoms with Crippen molar-refractivity contribution in [2.45, 2.75) is 12.8 Å². The van der Waals surface area contributed by atoms with Gasteiger partial charge in [0.2, 0.25) is 0 Å². The van der Waals surface area contributed by atoms with Crippen molar-refractivity contribution in [1.82, 2.24) is 0 Å². The molecule has 1 amide bonds. The molecule has 2 aliphatic rings. The van der Waals surface area contributed by atoms with Crippen LogP contribution in [0.4, 0.5) is 5.69 Å². The number of rotatable bonds is 3. The highest BCUT2D eigenvalue weighted by Gasteiger charge is 2.16. The van der Waals surface area contributed by atoms with Gasteiger partial charge in [0, 0.05) is 10.5 Å². The first-order valence-electron chi connectivity index (χ1n) is 6.86. The number of fused-ring (bicyclic) bond motifs is 1. The molecule has 0 spiro atoms. The highest BCUT2D eigenvalue weighted by molar-refractivity contribution is 9.11. The normalized spacial score (nSPS) is 17.6. The minimum Gasteiger partial charge on any atom is -0.488 e. The summed E-state index contributed by atoms with van der Waals surface area (Å²) in [5.41, 5.74) is 2.03. The maximum absolute atomic E-state index is 11.2. The largest absolute Gasteiger partial charge is 0.488 e. The van der Waals surface area contributed by atoms with Crippen LogP contribution >= 0.6 is 15.9 Å². The van der Waals surface area contributed by atoms with Crippen molar-refractivity contribution in [3.8, 4) is 11.5 Å². The number of nitrogens with one attached hydrogen (secondary N) is 1. The van der Waals surface area contributed by atoms with Crippen molar-refractivity contribution in [2.24, 2.45) is 0 Å². The minimum absolute atomic E-state index is 0.0458. The van der Waals surface area contributed by atoms with E-state index in [4.69, 9.17) is 14.2 Å². The van der Waals surface area contributed by atoms with Gasteiger partial charge in [-0.2, -0.15) is 0 Å². The highest BCUT2D eigenvalue weighted by atomic mass is 79.9. The van der Waals surface area contributed by atoms with E-state index in [1.807, 2.05) is 6.07 Å². The zero-order valence-electron chi connectivity index (χ0n) is 11.5. The van der Waals surface area contributed by atoms with Gasteiger partial charge >= 0.3 is 0 Å². The zero-order chi connectivity index (χ0) is 14.7. The van der Waals surface area contributed by atoms with Crippen molar-refractivity contribution >= 4 is 27.5 Å². The quantitative estimate of drug-likeness (QED) is 0.907. The molecule has 0 atom stereocenters. The standard InChI is InChI=1S/C15H16BrNO4/c16-12(10-3-5-19-6-4-10)8-20-11-1-2-13-14(7-11)21-9-15(18)17-13/h1-2,7H,3-6,8-9H2,(H,17,18). The van der Waals surface area contributed by atoms with E-state index in [1.54, 1.807) is 12.1 Å². The van der Waals surface area contributed by atoms with E-state index in [1.165, 1.54) is 5.57 Å². The van der Waals surface area contributed by atoms with Gasteiger partial charge in [0.15, 0.2) is 6.61 Å². The molecule has 0 saturated carbocycles. The number of halogens is 1. The summed E-state index contributed by atoms with van der Waals surface area (Å²) in [5.74, 6) is 1.22. The number of ether oxygens (including phenoxy) is 3. The Morgan fingerprint density at radius 1 is 1.33 bits per heavy atom. The summed E-state index contributed by atoms with van der Waals surface area (Å²) in [4.78, 5) is 11.2. The van der Waals surface area contributed by atoms with Gasteiger partial charge < -0.3 is 19.5 Å².